The number of likely N-dealkylation sites (N-methyl/N-ethyl adjacent to an activating group) is 1. The first kappa shape index (κ1) is 15.1. The minimum Gasteiger partial charge on any atom is -0.374 e. The van der Waals surface area contributed by atoms with Crippen molar-refractivity contribution in [2.24, 2.45) is 0 Å². The molecule has 0 fully saturated rings. The van der Waals surface area contributed by atoms with E-state index in [4.69, 9.17) is 4.74 Å². The number of nitrogens with one attached hydrogen (secondary N) is 1. The molecule has 3 nitrogen and oxygen atoms in total. The number of nitrogens with zero attached hydrogens (tertiary/aromatic N) is 1. The van der Waals surface area contributed by atoms with Crippen molar-refractivity contribution in [2.75, 3.05) is 13.2 Å². The Bertz CT molecular complexity index is 373. The Balaban J connectivity index is 3.12. The summed E-state index contributed by atoms with van der Waals surface area (Å²) in [6.45, 7) is 9.41. The average Bonchev–Trinajstić information content (AvgIpc) is 2.37. The quantitative estimate of drug-likeness (QED) is 0.812. The minimum absolute atomic E-state index is 0.171. The molecule has 1 aromatic rings. The van der Waals surface area contributed by atoms with E-state index in [0.29, 0.717) is 12.2 Å². The topological polar surface area (TPSA) is 34.2 Å². The largest absolute Gasteiger partial charge is 0.374 e. The van der Waals surface area contributed by atoms with E-state index in [9.17, 15) is 4.39 Å². The maximum Gasteiger partial charge on any atom is 0.146 e. The Labute approximate surface area is 109 Å². The van der Waals surface area contributed by atoms with E-state index < -0.39 is 5.60 Å². The van der Waals surface area contributed by atoms with Gasteiger partial charge in [0.1, 0.15) is 5.82 Å². The molecule has 1 rings (SSSR count). The van der Waals surface area contributed by atoms with Gasteiger partial charge in [-0.1, -0.05) is 13.8 Å². The molecule has 0 aliphatic rings. The molecule has 0 aliphatic heterocycles. The maximum atomic E-state index is 13.9. The second kappa shape index (κ2) is 6.81. The van der Waals surface area contributed by atoms with Gasteiger partial charge in [-0.3, -0.25) is 4.98 Å². The highest BCUT2D eigenvalue weighted by molar-refractivity contribution is 5.21. The minimum atomic E-state index is -0.424. The molecule has 0 amide bonds. The molecular formula is C14H23FN2O. The number of rotatable bonds is 7. The number of pyridine rings is 1. The lowest BCUT2D eigenvalue weighted by Crippen LogP contribution is -2.44. The van der Waals surface area contributed by atoms with Gasteiger partial charge < -0.3 is 10.1 Å². The van der Waals surface area contributed by atoms with Crippen molar-refractivity contribution in [3.8, 4) is 0 Å². The van der Waals surface area contributed by atoms with Crippen molar-refractivity contribution >= 4 is 0 Å². The fourth-order valence-electron chi connectivity index (χ4n) is 2.20. The van der Waals surface area contributed by atoms with E-state index in [2.05, 4.69) is 17.2 Å². The van der Waals surface area contributed by atoms with Crippen LogP contribution in [-0.4, -0.2) is 23.7 Å². The molecule has 0 saturated heterocycles. The van der Waals surface area contributed by atoms with Gasteiger partial charge in [0.15, 0.2) is 0 Å². The van der Waals surface area contributed by atoms with Gasteiger partial charge in [0.2, 0.25) is 0 Å². The highest BCUT2D eigenvalue weighted by Crippen LogP contribution is 2.33. The molecule has 18 heavy (non-hydrogen) atoms. The van der Waals surface area contributed by atoms with Gasteiger partial charge in [-0.25, -0.2) is 4.39 Å². The van der Waals surface area contributed by atoms with Crippen LogP contribution in [0.3, 0.4) is 0 Å². The standard InChI is InChI=1S/C14H23FN2O/c1-5-14(4,18-7-3)13(17-6-2)11-8-9-16-10-12(11)15/h8-10,13,17H,5-7H2,1-4H3. The fraction of sp³-hybridized carbons (Fsp3) is 0.643. The molecule has 102 valence electrons. The number of aromatic nitrogens is 1. The Morgan fingerprint density at radius 1 is 1.44 bits per heavy atom. The van der Waals surface area contributed by atoms with Crippen molar-refractivity contribution in [1.82, 2.24) is 10.3 Å². The van der Waals surface area contributed by atoms with E-state index in [0.717, 1.165) is 13.0 Å². The Morgan fingerprint density at radius 3 is 2.67 bits per heavy atom. The van der Waals surface area contributed by atoms with Crippen molar-refractivity contribution < 1.29 is 9.13 Å². The van der Waals surface area contributed by atoms with Crippen LogP contribution in [0.25, 0.3) is 0 Å². The monoisotopic (exact) mass is 254 g/mol. The highest BCUT2D eigenvalue weighted by atomic mass is 19.1. The van der Waals surface area contributed by atoms with Crippen LogP contribution in [-0.2, 0) is 4.74 Å². The van der Waals surface area contributed by atoms with Gasteiger partial charge in [0.25, 0.3) is 0 Å². The van der Waals surface area contributed by atoms with E-state index >= 15 is 0 Å². The van der Waals surface area contributed by atoms with Crippen LogP contribution in [0.2, 0.25) is 0 Å². The average molecular weight is 254 g/mol. The summed E-state index contributed by atoms with van der Waals surface area (Å²) in [5.74, 6) is -0.289. The first-order chi connectivity index (χ1) is 8.59. The summed E-state index contributed by atoms with van der Waals surface area (Å²) in [6.07, 6.45) is 3.67. The van der Waals surface area contributed by atoms with Gasteiger partial charge in [-0.05, 0) is 32.9 Å². The zero-order valence-electron chi connectivity index (χ0n) is 11.7. The third-order valence-corrected chi connectivity index (χ3v) is 3.31. The van der Waals surface area contributed by atoms with Crippen molar-refractivity contribution in [3.05, 3.63) is 29.8 Å². The highest BCUT2D eigenvalue weighted by Gasteiger charge is 2.35. The summed E-state index contributed by atoms with van der Waals surface area (Å²) in [5.41, 5.74) is 0.192. The van der Waals surface area contributed by atoms with E-state index in [1.165, 1.54) is 6.20 Å². The molecule has 1 aromatic heterocycles. The second-order valence-electron chi connectivity index (χ2n) is 4.49. The smallest absolute Gasteiger partial charge is 0.146 e. The van der Waals surface area contributed by atoms with Crippen LogP contribution in [0.15, 0.2) is 18.5 Å². The molecule has 0 aromatic carbocycles. The number of hydrogen-bond donors (Lipinski definition) is 1. The van der Waals surface area contributed by atoms with Crippen LogP contribution >= 0.6 is 0 Å². The Hall–Kier alpha value is -1.00. The van der Waals surface area contributed by atoms with Crippen LogP contribution in [0.4, 0.5) is 4.39 Å². The third-order valence-electron chi connectivity index (χ3n) is 3.31. The van der Waals surface area contributed by atoms with Gasteiger partial charge in [0, 0.05) is 18.4 Å². The maximum absolute atomic E-state index is 13.9. The van der Waals surface area contributed by atoms with E-state index in [1.54, 1.807) is 12.3 Å². The molecule has 0 saturated carbocycles. The predicted molar refractivity (Wildman–Crippen MR) is 70.9 cm³/mol. The number of ether oxygens (including phenoxy) is 1. The summed E-state index contributed by atoms with van der Waals surface area (Å²) in [6, 6.07) is 1.55. The van der Waals surface area contributed by atoms with Gasteiger partial charge in [-0.15, -0.1) is 0 Å². The first-order valence-corrected chi connectivity index (χ1v) is 6.55. The molecule has 4 heteroatoms. The predicted octanol–water partition coefficient (Wildman–Crippen LogP) is 3.08. The van der Waals surface area contributed by atoms with Crippen LogP contribution in [0.5, 0.6) is 0 Å². The van der Waals surface area contributed by atoms with E-state index in [1.807, 2.05) is 20.8 Å². The van der Waals surface area contributed by atoms with Crippen molar-refractivity contribution in [3.63, 3.8) is 0 Å². The van der Waals surface area contributed by atoms with E-state index in [-0.39, 0.29) is 11.9 Å². The lowest BCUT2D eigenvalue weighted by atomic mass is 9.87. The van der Waals surface area contributed by atoms with Crippen LogP contribution < -0.4 is 5.32 Å². The zero-order chi connectivity index (χ0) is 13.6. The van der Waals surface area contributed by atoms with Crippen LogP contribution in [0, 0.1) is 5.82 Å². The molecule has 2 atom stereocenters. The summed E-state index contributed by atoms with van der Waals surface area (Å²) in [4.78, 5) is 3.80. The molecule has 0 radical (unpaired) electrons. The number of halogens is 1. The van der Waals surface area contributed by atoms with Gasteiger partial charge >= 0.3 is 0 Å². The van der Waals surface area contributed by atoms with Gasteiger partial charge in [0.05, 0.1) is 17.8 Å². The molecule has 1 heterocycles. The molecule has 0 bridgehead atoms. The summed E-state index contributed by atoms with van der Waals surface area (Å²) < 4.78 is 19.8. The van der Waals surface area contributed by atoms with Gasteiger partial charge in [-0.2, -0.15) is 0 Å². The Kier molecular flexibility index (Phi) is 5.69. The normalized spacial score (nSPS) is 16.3. The molecule has 2 unspecified atom stereocenters. The third kappa shape index (κ3) is 3.27. The fourth-order valence-corrected chi connectivity index (χ4v) is 2.20. The molecular weight excluding hydrogens is 231 g/mol. The summed E-state index contributed by atoms with van der Waals surface area (Å²) in [5, 5.41) is 3.32. The summed E-state index contributed by atoms with van der Waals surface area (Å²) >= 11 is 0. The lowest BCUT2D eigenvalue weighted by molar-refractivity contribution is -0.0567. The molecule has 0 aliphatic carbocycles. The molecule has 0 spiro atoms. The summed E-state index contributed by atoms with van der Waals surface area (Å²) in [7, 11) is 0. The Morgan fingerprint density at radius 2 is 2.17 bits per heavy atom. The lowest BCUT2D eigenvalue weighted by Gasteiger charge is -2.37. The first-order valence-electron chi connectivity index (χ1n) is 6.55. The SMILES string of the molecule is CCNC(c1ccncc1F)C(C)(CC)OCC. The zero-order valence-corrected chi connectivity index (χ0v) is 11.7. The molecule has 1 N–H and O–H groups in total. The number of hydrogen-bond acceptors (Lipinski definition) is 3. The second-order valence-corrected chi connectivity index (χ2v) is 4.49. The van der Waals surface area contributed by atoms with Crippen molar-refractivity contribution in [2.45, 2.75) is 45.8 Å². The van der Waals surface area contributed by atoms with Crippen LogP contribution in [0.1, 0.15) is 45.7 Å². The van der Waals surface area contributed by atoms with Crippen molar-refractivity contribution in [1.29, 1.82) is 0 Å².